The summed E-state index contributed by atoms with van der Waals surface area (Å²) in [6, 6.07) is 25.4. The SMILES string of the molecule is COc1ccccc1OCC(CN1CCN(CC(=O)Nc2c(C)cccc2C)CC1)OC(=O)c1ccccc1OC(=O)c1ccccc1O. The van der Waals surface area contributed by atoms with Gasteiger partial charge in [0.2, 0.25) is 5.91 Å². The third kappa shape index (κ3) is 9.37. The smallest absolute Gasteiger partial charge is 0.347 e. The van der Waals surface area contributed by atoms with Crippen molar-refractivity contribution < 1.29 is 38.4 Å². The Labute approximate surface area is 286 Å². The van der Waals surface area contributed by atoms with Crippen LogP contribution in [0.4, 0.5) is 5.69 Å². The zero-order valence-corrected chi connectivity index (χ0v) is 27.9. The molecule has 0 aromatic heterocycles. The Kier molecular flexibility index (Phi) is 11.9. The number of anilines is 1. The van der Waals surface area contributed by atoms with Crippen molar-refractivity contribution in [3.63, 3.8) is 0 Å². The fraction of sp³-hybridized carbons (Fsp3) is 0.289. The van der Waals surface area contributed by atoms with Crippen LogP contribution >= 0.6 is 0 Å². The van der Waals surface area contributed by atoms with E-state index >= 15 is 0 Å². The molecule has 4 aromatic rings. The molecule has 49 heavy (non-hydrogen) atoms. The molecule has 0 spiro atoms. The second kappa shape index (κ2) is 16.6. The number of piperazine rings is 1. The van der Waals surface area contributed by atoms with Crippen LogP contribution in [-0.4, -0.2) is 91.8 Å². The van der Waals surface area contributed by atoms with E-state index in [0.29, 0.717) is 44.2 Å². The molecule has 0 aliphatic carbocycles. The molecule has 1 heterocycles. The number of carbonyl (C=O) groups excluding carboxylic acids is 3. The number of phenols is 1. The molecule has 256 valence electrons. The summed E-state index contributed by atoms with van der Waals surface area (Å²) >= 11 is 0. The zero-order chi connectivity index (χ0) is 34.8. The summed E-state index contributed by atoms with van der Waals surface area (Å²) in [5, 5.41) is 13.2. The summed E-state index contributed by atoms with van der Waals surface area (Å²) in [4.78, 5) is 43.5. The van der Waals surface area contributed by atoms with Gasteiger partial charge in [-0.3, -0.25) is 14.6 Å². The van der Waals surface area contributed by atoms with Gasteiger partial charge in [-0.15, -0.1) is 0 Å². The van der Waals surface area contributed by atoms with E-state index in [-0.39, 0.29) is 41.7 Å². The molecule has 1 fully saturated rings. The Morgan fingerprint density at radius 2 is 1.33 bits per heavy atom. The first-order chi connectivity index (χ1) is 23.7. The standard InChI is InChI=1S/C38H41N3O8/c1-26-11-10-12-27(2)36(26)39-35(43)24-41-21-19-40(20-22-41)23-28(25-47-34-18-9-8-17-33(34)46-3)48-38(45)30-14-5-7-16-32(30)49-37(44)29-13-4-6-15-31(29)42/h4-18,28,42H,19-25H2,1-3H3,(H,39,43). The number of nitrogens with one attached hydrogen (secondary N) is 1. The maximum Gasteiger partial charge on any atom is 0.347 e. The summed E-state index contributed by atoms with van der Waals surface area (Å²) in [6.07, 6.45) is -0.710. The first-order valence-corrected chi connectivity index (χ1v) is 16.1. The Bertz CT molecular complexity index is 1750. The van der Waals surface area contributed by atoms with Crippen molar-refractivity contribution in [3.8, 4) is 23.0 Å². The number of amides is 1. The molecular weight excluding hydrogens is 626 g/mol. The van der Waals surface area contributed by atoms with Gasteiger partial charge in [0.1, 0.15) is 35.3 Å². The molecule has 1 aliphatic heterocycles. The minimum atomic E-state index is -0.810. The lowest BCUT2D eigenvalue weighted by Crippen LogP contribution is -2.51. The van der Waals surface area contributed by atoms with Crippen molar-refractivity contribution in [3.05, 3.63) is 113 Å². The lowest BCUT2D eigenvalue weighted by molar-refractivity contribution is -0.117. The summed E-state index contributed by atoms with van der Waals surface area (Å²) in [6.45, 7) is 7.22. The molecule has 11 nitrogen and oxygen atoms in total. The maximum absolute atomic E-state index is 13.6. The van der Waals surface area contributed by atoms with Gasteiger partial charge in [-0.2, -0.15) is 0 Å². The van der Waals surface area contributed by atoms with Crippen LogP contribution in [0.3, 0.4) is 0 Å². The Balaban J connectivity index is 1.24. The fourth-order valence-electron chi connectivity index (χ4n) is 5.60. The van der Waals surface area contributed by atoms with E-state index in [1.807, 2.05) is 44.2 Å². The number of nitrogens with zero attached hydrogens (tertiary/aromatic N) is 2. The second-order valence-electron chi connectivity index (χ2n) is 11.8. The van der Waals surface area contributed by atoms with Crippen molar-refractivity contribution in [2.75, 3.05) is 58.3 Å². The molecular formula is C38H41N3O8. The van der Waals surface area contributed by atoms with Crippen LogP contribution in [-0.2, 0) is 9.53 Å². The molecule has 1 aliphatic rings. The van der Waals surface area contributed by atoms with E-state index in [4.69, 9.17) is 18.9 Å². The summed E-state index contributed by atoms with van der Waals surface area (Å²) in [5.41, 5.74) is 2.90. The van der Waals surface area contributed by atoms with Crippen molar-refractivity contribution >= 4 is 23.5 Å². The first-order valence-electron chi connectivity index (χ1n) is 16.1. The van der Waals surface area contributed by atoms with Gasteiger partial charge in [-0.25, -0.2) is 9.59 Å². The van der Waals surface area contributed by atoms with Gasteiger partial charge in [-0.1, -0.05) is 54.6 Å². The summed E-state index contributed by atoms with van der Waals surface area (Å²) in [5.74, 6) is -0.762. The van der Waals surface area contributed by atoms with E-state index in [2.05, 4.69) is 15.1 Å². The van der Waals surface area contributed by atoms with Crippen LogP contribution in [0.15, 0.2) is 91.0 Å². The van der Waals surface area contributed by atoms with E-state index in [1.54, 1.807) is 43.5 Å². The van der Waals surface area contributed by atoms with Crippen LogP contribution in [0.5, 0.6) is 23.0 Å². The number of aromatic hydroxyl groups is 1. The average Bonchev–Trinajstić information content (AvgIpc) is 3.10. The Morgan fingerprint density at radius 3 is 2.00 bits per heavy atom. The van der Waals surface area contributed by atoms with Crippen molar-refractivity contribution in [2.45, 2.75) is 20.0 Å². The average molecular weight is 668 g/mol. The molecule has 1 atom stereocenters. The van der Waals surface area contributed by atoms with Gasteiger partial charge in [0.15, 0.2) is 11.5 Å². The highest BCUT2D eigenvalue weighted by atomic mass is 16.6. The molecule has 4 aromatic carbocycles. The van der Waals surface area contributed by atoms with Gasteiger partial charge in [0.25, 0.3) is 0 Å². The van der Waals surface area contributed by atoms with E-state index in [0.717, 1.165) is 16.8 Å². The molecule has 0 bridgehead atoms. The maximum atomic E-state index is 13.6. The highest BCUT2D eigenvalue weighted by Gasteiger charge is 2.27. The van der Waals surface area contributed by atoms with Crippen molar-refractivity contribution in [2.24, 2.45) is 0 Å². The van der Waals surface area contributed by atoms with Crippen LogP contribution in [0, 0.1) is 13.8 Å². The van der Waals surface area contributed by atoms with Crippen LogP contribution in [0.2, 0.25) is 0 Å². The highest BCUT2D eigenvalue weighted by molar-refractivity contribution is 5.97. The van der Waals surface area contributed by atoms with Gasteiger partial charge in [0.05, 0.1) is 13.7 Å². The van der Waals surface area contributed by atoms with Crippen LogP contribution < -0.4 is 19.5 Å². The highest BCUT2D eigenvalue weighted by Crippen LogP contribution is 2.27. The number of phenolic OH excluding ortho intramolecular Hbond substituents is 1. The van der Waals surface area contributed by atoms with Gasteiger partial charge >= 0.3 is 11.9 Å². The van der Waals surface area contributed by atoms with E-state index in [9.17, 15) is 19.5 Å². The molecule has 0 saturated carbocycles. The molecule has 1 unspecified atom stereocenters. The second-order valence-corrected chi connectivity index (χ2v) is 11.8. The third-order valence-corrected chi connectivity index (χ3v) is 8.24. The molecule has 1 saturated heterocycles. The van der Waals surface area contributed by atoms with Gasteiger partial charge in [-0.05, 0) is 61.4 Å². The first kappa shape index (κ1) is 34.9. The van der Waals surface area contributed by atoms with Gasteiger partial charge < -0.3 is 29.4 Å². The minimum Gasteiger partial charge on any atom is -0.507 e. The normalized spacial score (nSPS) is 14.0. The lowest BCUT2D eigenvalue weighted by Gasteiger charge is -2.36. The van der Waals surface area contributed by atoms with Crippen LogP contribution in [0.25, 0.3) is 0 Å². The monoisotopic (exact) mass is 667 g/mol. The topological polar surface area (TPSA) is 127 Å². The van der Waals surface area contributed by atoms with Gasteiger partial charge in [0, 0.05) is 38.4 Å². The van der Waals surface area contributed by atoms with E-state index in [1.165, 1.54) is 24.3 Å². The molecule has 5 rings (SSSR count). The zero-order valence-electron chi connectivity index (χ0n) is 27.9. The Morgan fingerprint density at radius 1 is 0.735 bits per heavy atom. The minimum absolute atomic E-state index is 0.00192. The number of aryl methyl sites for hydroxylation is 2. The number of hydrogen-bond acceptors (Lipinski definition) is 10. The number of esters is 2. The molecule has 2 N–H and O–H groups in total. The number of ether oxygens (including phenoxy) is 4. The number of benzene rings is 4. The predicted octanol–water partition coefficient (Wildman–Crippen LogP) is 5.10. The molecule has 1 amide bonds. The predicted molar refractivity (Wildman–Crippen MR) is 185 cm³/mol. The number of rotatable bonds is 13. The third-order valence-electron chi connectivity index (χ3n) is 8.24. The Hall–Kier alpha value is -5.39. The van der Waals surface area contributed by atoms with Crippen molar-refractivity contribution in [1.29, 1.82) is 0 Å². The number of methoxy groups -OCH3 is 1. The van der Waals surface area contributed by atoms with Crippen molar-refractivity contribution in [1.82, 2.24) is 9.80 Å². The summed E-state index contributed by atoms with van der Waals surface area (Å²) in [7, 11) is 1.55. The fourth-order valence-corrected chi connectivity index (χ4v) is 5.60. The van der Waals surface area contributed by atoms with E-state index < -0.39 is 18.0 Å². The number of hydrogen-bond donors (Lipinski definition) is 2. The largest absolute Gasteiger partial charge is 0.507 e. The number of carbonyl (C=O) groups is 3. The molecule has 11 heteroatoms. The summed E-state index contributed by atoms with van der Waals surface area (Å²) < 4.78 is 23.0. The lowest BCUT2D eigenvalue weighted by atomic mass is 10.1. The molecule has 0 radical (unpaired) electrons. The number of para-hydroxylation sites is 5. The quantitative estimate of drug-likeness (QED) is 0.147. The van der Waals surface area contributed by atoms with Crippen LogP contribution in [0.1, 0.15) is 31.8 Å².